The molecule has 0 spiro atoms. The van der Waals surface area contributed by atoms with Gasteiger partial charge in [0.25, 0.3) is 0 Å². The van der Waals surface area contributed by atoms with Gasteiger partial charge in [-0.25, -0.2) is 0 Å². The minimum Gasteiger partial charge on any atom is -0.372 e. The van der Waals surface area contributed by atoms with Gasteiger partial charge in [-0.3, -0.25) is 4.99 Å². The number of nitrogens with zero attached hydrogens (tertiary/aromatic N) is 1. The lowest BCUT2D eigenvalue weighted by Gasteiger charge is -2.11. The number of halogens is 4. The standard InChI is InChI=1S/C14H28F3N3O.HI/c1-3-5-6-7-9-19-13(18-4-2)20-10-8-11-21-12-14(15,16)17;/h3-12H2,1-2H3,(H2,18,19,20);1H. The Morgan fingerprint density at radius 2 is 1.77 bits per heavy atom. The maximum atomic E-state index is 11.8. The van der Waals surface area contributed by atoms with Crippen LogP contribution in [0.1, 0.15) is 46.0 Å². The summed E-state index contributed by atoms with van der Waals surface area (Å²) in [5.74, 6) is 0.713. The number of rotatable bonds is 11. The first kappa shape index (κ1) is 24.0. The van der Waals surface area contributed by atoms with Crippen LogP contribution in [0.4, 0.5) is 13.2 Å². The quantitative estimate of drug-likeness (QED) is 0.223. The van der Waals surface area contributed by atoms with Crippen LogP contribution in [0.15, 0.2) is 4.99 Å². The van der Waals surface area contributed by atoms with Crippen molar-refractivity contribution in [2.45, 2.75) is 52.1 Å². The van der Waals surface area contributed by atoms with Crippen LogP contribution in [-0.2, 0) is 4.74 Å². The van der Waals surface area contributed by atoms with Gasteiger partial charge in [0.1, 0.15) is 6.61 Å². The summed E-state index contributed by atoms with van der Waals surface area (Å²) in [5, 5.41) is 6.32. The van der Waals surface area contributed by atoms with E-state index in [9.17, 15) is 13.2 Å². The van der Waals surface area contributed by atoms with E-state index in [0.29, 0.717) is 18.9 Å². The molecule has 0 aliphatic heterocycles. The van der Waals surface area contributed by atoms with Crippen LogP contribution in [0.25, 0.3) is 0 Å². The molecule has 0 fully saturated rings. The fourth-order valence-corrected chi connectivity index (χ4v) is 1.65. The van der Waals surface area contributed by atoms with E-state index in [-0.39, 0.29) is 30.6 Å². The summed E-state index contributed by atoms with van der Waals surface area (Å²) in [6.45, 7) is 5.08. The molecule has 0 radical (unpaired) electrons. The lowest BCUT2D eigenvalue weighted by atomic mass is 10.2. The summed E-state index contributed by atoms with van der Waals surface area (Å²) in [6.07, 6.45) is 0.930. The van der Waals surface area contributed by atoms with Crippen molar-refractivity contribution in [3.8, 4) is 0 Å². The van der Waals surface area contributed by atoms with Gasteiger partial charge in [0.2, 0.25) is 0 Å². The highest BCUT2D eigenvalue weighted by Crippen LogP contribution is 2.14. The maximum absolute atomic E-state index is 11.8. The van der Waals surface area contributed by atoms with Gasteiger partial charge in [-0.2, -0.15) is 13.2 Å². The first-order valence-electron chi connectivity index (χ1n) is 7.66. The molecule has 0 amide bonds. The molecule has 8 heteroatoms. The Morgan fingerprint density at radius 3 is 2.36 bits per heavy atom. The fourth-order valence-electron chi connectivity index (χ4n) is 1.65. The van der Waals surface area contributed by atoms with Crippen molar-refractivity contribution in [3.05, 3.63) is 0 Å². The van der Waals surface area contributed by atoms with Gasteiger partial charge >= 0.3 is 6.18 Å². The Bertz CT molecular complexity index is 277. The van der Waals surface area contributed by atoms with Gasteiger partial charge in [0.05, 0.1) is 0 Å². The molecule has 0 aromatic carbocycles. The van der Waals surface area contributed by atoms with E-state index in [1.165, 1.54) is 19.3 Å². The van der Waals surface area contributed by atoms with Gasteiger partial charge in [-0.15, -0.1) is 24.0 Å². The second kappa shape index (κ2) is 15.6. The number of ether oxygens (including phenoxy) is 1. The zero-order valence-electron chi connectivity index (χ0n) is 13.5. The molecule has 0 atom stereocenters. The van der Waals surface area contributed by atoms with E-state index in [4.69, 9.17) is 0 Å². The molecular weight excluding hydrogens is 410 g/mol. The topological polar surface area (TPSA) is 45.7 Å². The van der Waals surface area contributed by atoms with Crippen molar-refractivity contribution in [1.29, 1.82) is 0 Å². The van der Waals surface area contributed by atoms with Crippen molar-refractivity contribution < 1.29 is 17.9 Å². The normalized spacial score (nSPS) is 12.0. The summed E-state index contributed by atoms with van der Waals surface area (Å²) in [6, 6.07) is 0. The van der Waals surface area contributed by atoms with E-state index in [1.54, 1.807) is 0 Å². The van der Waals surface area contributed by atoms with E-state index in [2.05, 4.69) is 27.3 Å². The number of hydrogen-bond acceptors (Lipinski definition) is 2. The monoisotopic (exact) mass is 439 g/mol. The van der Waals surface area contributed by atoms with Crippen molar-refractivity contribution >= 4 is 29.9 Å². The van der Waals surface area contributed by atoms with Crippen molar-refractivity contribution in [3.63, 3.8) is 0 Å². The van der Waals surface area contributed by atoms with Gasteiger partial charge in [-0.05, 0) is 19.8 Å². The Hall–Kier alpha value is -0.250. The Morgan fingerprint density at radius 1 is 1.05 bits per heavy atom. The second-order valence-electron chi connectivity index (χ2n) is 4.77. The van der Waals surface area contributed by atoms with Gasteiger partial charge in [0, 0.05) is 26.2 Å². The van der Waals surface area contributed by atoms with E-state index in [0.717, 1.165) is 19.5 Å². The molecule has 0 aromatic rings. The van der Waals surface area contributed by atoms with Crippen LogP contribution >= 0.6 is 24.0 Å². The zero-order valence-corrected chi connectivity index (χ0v) is 15.8. The Balaban J connectivity index is 0. The lowest BCUT2D eigenvalue weighted by molar-refractivity contribution is -0.173. The van der Waals surface area contributed by atoms with Crippen LogP contribution in [0.3, 0.4) is 0 Å². The predicted octanol–water partition coefficient (Wildman–Crippen LogP) is 3.71. The minimum atomic E-state index is -4.25. The van der Waals surface area contributed by atoms with Crippen LogP contribution in [0, 0.1) is 0 Å². The average Bonchev–Trinajstić information content (AvgIpc) is 2.41. The highest BCUT2D eigenvalue weighted by Gasteiger charge is 2.27. The van der Waals surface area contributed by atoms with Crippen molar-refractivity contribution in [2.75, 3.05) is 32.8 Å². The molecule has 0 unspecified atom stereocenters. The Labute approximate surface area is 148 Å². The third-order valence-corrected chi connectivity index (χ3v) is 2.65. The predicted molar refractivity (Wildman–Crippen MR) is 95.0 cm³/mol. The van der Waals surface area contributed by atoms with Gasteiger partial charge < -0.3 is 15.4 Å². The van der Waals surface area contributed by atoms with E-state index >= 15 is 0 Å². The number of aliphatic imine (C=N–C) groups is 1. The van der Waals surface area contributed by atoms with Crippen LogP contribution in [-0.4, -0.2) is 45.0 Å². The molecule has 0 rings (SSSR count). The molecular formula is C14H29F3IN3O. The molecule has 22 heavy (non-hydrogen) atoms. The van der Waals surface area contributed by atoms with E-state index < -0.39 is 12.8 Å². The van der Waals surface area contributed by atoms with Crippen molar-refractivity contribution in [2.24, 2.45) is 4.99 Å². The fraction of sp³-hybridized carbons (Fsp3) is 0.929. The summed E-state index contributed by atoms with van der Waals surface area (Å²) in [5.41, 5.74) is 0. The Kier molecular flexibility index (Phi) is 17.1. The molecule has 134 valence electrons. The summed E-state index contributed by atoms with van der Waals surface area (Å²) >= 11 is 0. The SMILES string of the molecule is CCCCCCNC(=NCCCOCC(F)(F)F)NCC.I. The largest absolute Gasteiger partial charge is 0.411 e. The number of unbranched alkanes of at least 4 members (excludes halogenated alkanes) is 3. The lowest BCUT2D eigenvalue weighted by Crippen LogP contribution is -2.37. The first-order valence-corrected chi connectivity index (χ1v) is 7.66. The molecule has 0 heterocycles. The zero-order chi connectivity index (χ0) is 16.0. The number of alkyl halides is 3. The van der Waals surface area contributed by atoms with Crippen LogP contribution in [0.2, 0.25) is 0 Å². The van der Waals surface area contributed by atoms with Gasteiger partial charge in [-0.1, -0.05) is 26.2 Å². The number of hydrogen-bond donors (Lipinski definition) is 2. The molecule has 0 aliphatic carbocycles. The first-order chi connectivity index (χ1) is 9.99. The third-order valence-electron chi connectivity index (χ3n) is 2.65. The average molecular weight is 439 g/mol. The second-order valence-corrected chi connectivity index (χ2v) is 4.77. The summed E-state index contributed by atoms with van der Waals surface area (Å²) < 4.78 is 40.1. The van der Waals surface area contributed by atoms with Crippen LogP contribution < -0.4 is 10.6 Å². The van der Waals surface area contributed by atoms with Crippen molar-refractivity contribution in [1.82, 2.24) is 10.6 Å². The molecule has 0 bridgehead atoms. The maximum Gasteiger partial charge on any atom is 0.411 e. The molecule has 2 N–H and O–H groups in total. The number of guanidine groups is 1. The highest BCUT2D eigenvalue weighted by atomic mass is 127. The van der Waals surface area contributed by atoms with E-state index in [1.807, 2.05) is 6.92 Å². The summed E-state index contributed by atoms with van der Waals surface area (Å²) in [4.78, 5) is 4.30. The van der Waals surface area contributed by atoms with Gasteiger partial charge in [0.15, 0.2) is 5.96 Å². The molecule has 0 aromatic heterocycles. The molecule has 4 nitrogen and oxygen atoms in total. The molecule has 0 saturated carbocycles. The minimum absolute atomic E-state index is 0. The highest BCUT2D eigenvalue weighted by molar-refractivity contribution is 14.0. The van der Waals surface area contributed by atoms with Crippen LogP contribution in [0.5, 0.6) is 0 Å². The molecule has 0 aliphatic rings. The molecule has 0 saturated heterocycles. The third kappa shape index (κ3) is 17.8. The number of nitrogens with one attached hydrogen (secondary N) is 2. The smallest absolute Gasteiger partial charge is 0.372 e. The summed E-state index contributed by atoms with van der Waals surface area (Å²) in [7, 11) is 0.